The Bertz CT molecular complexity index is 1070. The summed E-state index contributed by atoms with van der Waals surface area (Å²) >= 11 is 0. The predicted octanol–water partition coefficient (Wildman–Crippen LogP) is 7.48. The second-order valence-corrected chi connectivity index (χ2v) is 10.9. The maximum absolute atomic E-state index is 13.7. The SMILES string of the molecule is CC(C)C1c2ccc(F)cc2CCC1(O)CCN(C)CCCCCCCc1nc2ccccc2[nH]1.Cl.Cl. The quantitative estimate of drug-likeness (QED) is 0.229. The highest BCUT2D eigenvalue weighted by atomic mass is 35.5. The zero-order chi connectivity index (χ0) is 24.8. The van der Waals surface area contributed by atoms with Gasteiger partial charge in [-0.25, -0.2) is 9.37 Å². The minimum absolute atomic E-state index is 0. The van der Waals surface area contributed by atoms with E-state index in [9.17, 15) is 9.50 Å². The normalized spacial score (nSPS) is 19.1. The van der Waals surface area contributed by atoms with Crippen LogP contribution in [0.1, 0.15) is 81.7 Å². The van der Waals surface area contributed by atoms with E-state index in [4.69, 9.17) is 0 Å². The Morgan fingerprint density at radius 2 is 1.78 bits per heavy atom. The Labute approximate surface area is 234 Å². The van der Waals surface area contributed by atoms with Gasteiger partial charge in [0.15, 0.2) is 0 Å². The van der Waals surface area contributed by atoms with Crippen LogP contribution in [0.15, 0.2) is 42.5 Å². The number of hydrogen-bond donors (Lipinski definition) is 2. The molecule has 0 spiro atoms. The molecule has 2 aromatic carbocycles. The van der Waals surface area contributed by atoms with Crippen LogP contribution in [0.4, 0.5) is 4.39 Å². The summed E-state index contributed by atoms with van der Waals surface area (Å²) in [5.41, 5.74) is 3.68. The van der Waals surface area contributed by atoms with Crippen LogP contribution in [0.5, 0.6) is 0 Å². The molecule has 4 rings (SSSR count). The van der Waals surface area contributed by atoms with Crippen molar-refractivity contribution < 1.29 is 9.50 Å². The van der Waals surface area contributed by atoms with E-state index in [1.165, 1.54) is 32.1 Å². The summed E-state index contributed by atoms with van der Waals surface area (Å²) in [5, 5.41) is 11.6. The minimum atomic E-state index is -0.718. The molecule has 1 aliphatic rings. The lowest BCUT2D eigenvalue weighted by molar-refractivity contribution is -0.0301. The summed E-state index contributed by atoms with van der Waals surface area (Å²) in [4.78, 5) is 10.5. The van der Waals surface area contributed by atoms with Gasteiger partial charge < -0.3 is 15.0 Å². The van der Waals surface area contributed by atoms with E-state index in [-0.39, 0.29) is 36.5 Å². The largest absolute Gasteiger partial charge is 0.389 e. The molecule has 2 unspecified atom stereocenters. The fourth-order valence-electron chi connectivity index (χ4n) is 5.98. The van der Waals surface area contributed by atoms with Gasteiger partial charge in [-0.2, -0.15) is 0 Å². The third-order valence-corrected chi connectivity index (χ3v) is 7.83. The van der Waals surface area contributed by atoms with Crippen LogP contribution in [-0.4, -0.2) is 45.7 Å². The number of aliphatic hydroxyl groups is 1. The van der Waals surface area contributed by atoms with Crippen molar-refractivity contribution in [3.8, 4) is 0 Å². The van der Waals surface area contributed by atoms with Crippen LogP contribution in [0.3, 0.4) is 0 Å². The number of rotatable bonds is 12. The molecule has 0 amide bonds. The number of halogens is 3. The van der Waals surface area contributed by atoms with Crippen molar-refractivity contribution in [2.45, 2.75) is 83.2 Å². The molecule has 0 saturated heterocycles. The van der Waals surface area contributed by atoms with Crippen LogP contribution in [0.25, 0.3) is 11.0 Å². The highest BCUT2D eigenvalue weighted by molar-refractivity contribution is 5.85. The summed E-state index contributed by atoms with van der Waals surface area (Å²) in [5.74, 6) is 1.30. The van der Waals surface area contributed by atoms with Gasteiger partial charge in [-0.15, -0.1) is 24.8 Å². The summed E-state index contributed by atoms with van der Waals surface area (Å²) in [6.07, 6.45) is 9.33. The highest BCUT2D eigenvalue weighted by Crippen LogP contribution is 2.45. The first-order valence-corrected chi connectivity index (χ1v) is 13.5. The van der Waals surface area contributed by atoms with E-state index in [1.807, 2.05) is 18.2 Å². The number of H-pyrrole nitrogens is 1. The van der Waals surface area contributed by atoms with Gasteiger partial charge in [0.05, 0.1) is 16.6 Å². The number of aryl methyl sites for hydroxylation is 2. The van der Waals surface area contributed by atoms with Gasteiger partial charge in [-0.1, -0.05) is 51.3 Å². The maximum Gasteiger partial charge on any atom is 0.123 e. The standard InChI is InChI=1S/C30H42FN3O.2ClH/c1-22(2)29-25-15-14-24(31)21-23(25)16-17-30(29,35)18-20-34(3)19-10-6-4-5-7-13-28-32-26-11-8-9-12-27(26)33-28;;/h8-9,11-12,14-15,21-22,29,35H,4-7,10,13,16-20H2,1-3H3,(H,32,33);2*1H. The van der Waals surface area contributed by atoms with Crippen molar-refractivity contribution in [1.82, 2.24) is 14.9 Å². The third kappa shape index (κ3) is 8.16. The van der Waals surface area contributed by atoms with Gasteiger partial charge in [0, 0.05) is 18.9 Å². The average molecular weight is 553 g/mol. The molecular weight excluding hydrogens is 508 g/mol. The summed E-state index contributed by atoms with van der Waals surface area (Å²) in [6.45, 7) is 6.30. The van der Waals surface area contributed by atoms with E-state index in [2.05, 4.69) is 47.9 Å². The molecule has 0 aliphatic heterocycles. The van der Waals surface area contributed by atoms with Crippen molar-refractivity contribution in [3.63, 3.8) is 0 Å². The van der Waals surface area contributed by atoms with E-state index in [0.29, 0.717) is 12.3 Å². The predicted molar refractivity (Wildman–Crippen MR) is 157 cm³/mol. The molecule has 3 aromatic rings. The van der Waals surface area contributed by atoms with Gasteiger partial charge in [-0.05, 0) is 87.0 Å². The van der Waals surface area contributed by atoms with Gasteiger partial charge >= 0.3 is 0 Å². The van der Waals surface area contributed by atoms with Crippen LogP contribution in [0, 0.1) is 11.7 Å². The number of aromatic amines is 1. The van der Waals surface area contributed by atoms with Crippen LogP contribution in [0.2, 0.25) is 0 Å². The van der Waals surface area contributed by atoms with E-state index in [1.54, 1.807) is 12.1 Å². The van der Waals surface area contributed by atoms with Crippen molar-refractivity contribution in [2.75, 3.05) is 20.1 Å². The zero-order valence-electron chi connectivity index (χ0n) is 22.5. The first-order valence-electron chi connectivity index (χ1n) is 13.5. The summed E-state index contributed by atoms with van der Waals surface area (Å²) < 4.78 is 13.7. The second-order valence-electron chi connectivity index (χ2n) is 10.9. The lowest BCUT2D eigenvalue weighted by Crippen LogP contribution is -2.45. The fraction of sp³-hybridized carbons (Fsp3) is 0.567. The van der Waals surface area contributed by atoms with Gasteiger partial charge in [0.1, 0.15) is 11.6 Å². The molecule has 37 heavy (non-hydrogen) atoms. The molecule has 2 atom stereocenters. The first kappa shape index (κ1) is 31.6. The molecule has 0 fully saturated rings. The Morgan fingerprint density at radius 1 is 1.05 bits per heavy atom. The molecule has 2 N–H and O–H groups in total. The maximum atomic E-state index is 13.7. The number of unbranched alkanes of at least 4 members (excludes halogenated alkanes) is 4. The molecule has 4 nitrogen and oxygen atoms in total. The Kier molecular flexibility index (Phi) is 12.4. The molecule has 1 heterocycles. The Morgan fingerprint density at radius 3 is 2.54 bits per heavy atom. The third-order valence-electron chi connectivity index (χ3n) is 7.83. The molecule has 0 bridgehead atoms. The Balaban J connectivity index is 0.00000241. The molecule has 0 radical (unpaired) electrons. The van der Waals surface area contributed by atoms with E-state index >= 15 is 0 Å². The number of hydrogen-bond acceptors (Lipinski definition) is 3. The molecule has 206 valence electrons. The molecule has 1 aliphatic carbocycles. The number of aromatic nitrogens is 2. The van der Waals surface area contributed by atoms with E-state index in [0.717, 1.165) is 60.3 Å². The lowest BCUT2D eigenvalue weighted by atomic mass is 9.66. The summed E-state index contributed by atoms with van der Waals surface area (Å²) in [7, 11) is 2.17. The second kappa shape index (κ2) is 14.5. The monoisotopic (exact) mass is 551 g/mol. The van der Waals surface area contributed by atoms with E-state index < -0.39 is 5.60 Å². The number of fused-ring (bicyclic) bond motifs is 2. The Hall–Kier alpha value is -1.66. The number of imidazole rings is 1. The smallest absolute Gasteiger partial charge is 0.123 e. The number of benzene rings is 2. The van der Waals surface area contributed by atoms with Crippen molar-refractivity contribution in [2.24, 2.45) is 5.92 Å². The zero-order valence-corrected chi connectivity index (χ0v) is 24.1. The number of para-hydroxylation sites is 2. The topological polar surface area (TPSA) is 52.1 Å². The number of nitrogens with one attached hydrogen (secondary N) is 1. The fourth-order valence-corrected chi connectivity index (χ4v) is 5.98. The molecule has 0 saturated carbocycles. The minimum Gasteiger partial charge on any atom is -0.389 e. The molecule has 1 aromatic heterocycles. The van der Waals surface area contributed by atoms with Gasteiger partial charge in [0.25, 0.3) is 0 Å². The summed E-state index contributed by atoms with van der Waals surface area (Å²) in [6, 6.07) is 13.3. The van der Waals surface area contributed by atoms with Crippen molar-refractivity contribution >= 4 is 35.8 Å². The van der Waals surface area contributed by atoms with Crippen LogP contribution in [-0.2, 0) is 12.8 Å². The van der Waals surface area contributed by atoms with Gasteiger partial charge in [0.2, 0.25) is 0 Å². The average Bonchev–Trinajstić information content (AvgIpc) is 3.25. The van der Waals surface area contributed by atoms with Crippen LogP contribution < -0.4 is 0 Å². The lowest BCUT2D eigenvalue weighted by Gasteiger charge is -2.44. The number of nitrogens with zero attached hydrogens (tertiary/aromatic N) is 2. The highest BCUT2D eigenvalue weighted by Gasteiger charge is 2.43. The first-order chi connectivity index (χ1) is 16.9. The van der Waals surface area contributed by atoms with Crippen LogP contribution >= 0.6 is 24.8 Å². The van der Waals surface area contributed by atoms with Crippen molar-refractivity contribution in [1.29, 1.82) is 0 Å². The van der Waals surface area contributed by atoms with Gasteiger partial charge in [-0.3, -0.25) is 0 Å². The van der Waals surface area contributed by atoms with Crippen molar-refractivity contribution in [3.05, 3.63) is 65.2 Å². The molecule has 7 heteroatoms. The molecular formula is C30H44Cl2FN3O.